The molecule has 2 amide bonds. The third-order valence-electron chi connectivity index (χ3n) is 4.41. The number of nitrogens with one attached hydrogen (secondary N) is 2. The van der Waals surface area contributed by atoms with Crippen molar-refractivity contribution in [2.45, 2.75) is 51.6 Å². The minimum atomic E-state index is -1.12. The number of nitrogens with two attached hydrogens (primary N) is 1. The van der Waals surface area contributed by atoms with Crippen LogP contribution in [0.15, 0.2) is 24.3 Å². The number of phenols is 1. The molecule has 0 aliphatic carbocycles. The van der Waals surface area contributed by atoms with Crippen molar-refractivity contribution in [2.24, 2.45) is 11.7 Å². The highest BCUT2D eigenvalue weighted by Crippen LogP contribution is 2.13. The fourth-order valence-corrected chi connectivity index (χ4v) is 2.54. The number of benzene rings is 1. The molecule has 0 spiro atoms. The molecule has 0 saturated heterocycles. The first-order chi connectivity index (χ1) is 12.8. The molecule has 150 valence electrons. The maximum atomic E-state index is 12.7. The van der Waals surface area contributed by atoms with Crippen molar-refractivity contribution >= 4 is 17.8 Å². The second-order valence-corrected chi connectivity index (χ2v) is 6.59. The number of carboxylic acids is 1. The van der Waals surface area contributed by atoms with Gasteiger partial charge in [0.25, 0.3) is 0 Å². The minimum absolute atomic E-state index is 0.0921. The molecule has 27 heavy (non-hydrogen) atoms. The highest BCUT2D eigenvalue weighted by molar-refractivity contribution is 5.90. The van der Waals surface area contributed by atoms with Crippen LogP contribution in [0, 0.1) is 5.92 Å². The van der Waals surface area contributed by atoms with Crippen LogP contribution < -0.4 is 16.4 Å². The van der Waals surface area contributed by atoms with Crippen LogP contribution in [-0.4, -0.2) is 46.6 Å². The van der Waals surface area contributed by atoms with E-state index in [0.717, 1.165) is 5.56 Å². The van der Waals surface area contributed by atoms with Gasteiger partial charge in [-0.25, -0.2) is 4.79 Å². The van der Waals surface area contributed by atoms with Crippen LogP contribution in [0.1, 0.15) is 38.7 Å². The lowest BCUT2D eigenvalue weighted by Crippen LogP contribution is -2.54. The van der Waals surface area contributed by atoms with Crippen LogP contribution in [0.2, 0.25) is 0 Å². The van der Waals surface area contributed by atoms with Crippen molar-refractivity contribution in [1.29, 1.82) is 0 Å². The molecular formula is C19H29N3O5. The van der Waals surface area contributed by atoms with Gasteiger partial charge >= 0.3 is 5.97 Å². The molecule has 1 aromatic carbocycles. The van der Waals surface area contributed by atoms with Crippen molar-refractivity contribution in [3.05, 3.63) is 29.8 Å². The van der Waals surface area contributed by atoms with Gasteiger partial charge in [0.05, 0.1) is 0 Å². The lowest BCUT2D eigenvalue weighted by molar-refractivity contribution is -0.143. The maximum Gasteiger partial charge on any atom is 0.326 e. The summed E-state index contributed by atoms with van der Waals surface area (Å²) < 4.78 is 0. The van der Waals surface area contributed by atoms with Gasteiger partial charge in [-0.15, -0.1) is 0 Å². The molecule has 8 heteroatoms. The first kappa shape index (κ1) is 22.4. The Bertz CT molecular complexity index is 633. The number of phenolic OH excluding ortho intramolecular Hbond substituents is 1. The fourth-order valence-electron chi connectivity index (χ4n) is 2.54. The van der Waals surface area contributed by atoms with Gasteiger partial charge in [-0.3, -0.25) is 9.59 Å². The predicted molar refractivity (Wildman–Crippen MR) is 101 cm³/mol. The molecule has 8 nitrogen and oxygen atoms in total. The molecule has 6 N–H and O–H groups in total. The summed E-state index contributed by atoms with van der Waals surface area (Å²) in [5, 5.41) is 24.0. The number of aromatic hydroxyl groups is 1. The Morgan fingerprint density at radius 3 is 2.30 bits per heavy atom. The normalized spacial score (nSPS) is 14.0. The third kappa shape index (κ3) is 7.65. The Kier molecular flexibility index (Phi) is 9.29. The van der Waals surface area contributed by atoms with E-state index in [4.69, 9.17) is 5.73 Å². The molecule has 0 aliphatic heterocycles. The second-order valence-electron chi connectivity index (χ2n) is 6.59. The second kappa shape index (κ2) is 11.2. The molecule has 0 aromatic heterocycles. The molecule has 1 aromatic rings. The lowest BCUT2D eigenvalue weighted by atomic mass is 9.98. The van der Waals surface area contributed by atoms with Gasteiger partial charge in [-0.2, -0.15) is 0 Å². The van der Waals surface area contributed by atoms with Crippen LogP contribution in [0.25, 0.3) is 0 Å². The van der Waals surface area contributed by atoms with Gasteiger partial charge in [0.2, 0.25) is 11.8 Å². The van der Waals surface area contributed by atoms with Crippen LogP contribution in [0.3, 0.4) is 0 Å². The highest BCUT2D eigenvalue weighted by Gasteiger charge is 2.29. The van der Waals surface area contributed by atoms with E-state index in [1.165, 1.54) is 12.1 Å². The van der Waals surface area contributed by atoms with Crippen molar-refractivity contribution in [3.63, 3.8) is 0 Å². The van der Waals surface area contributed by atoms with E-state index in [1.54, 1.807) is 19.1 Å². The lowest BCUT2D eigenvalue weighted by Gasteiger charge is -2.24. The summed E-state index contributed by atoms with van der Waals surface area (Å²) in [6, 6.07) is 4.30. The highest BCUT2D eigenvalue weighted by atomic mass is 16.4. The summed E-state index contributed by atoms with van der Waals surface area (Å²) in [4.78, 5) is 36.2. The number of hydrogen-bond donors (Lipinski definition) is 5. The number of rotatable bonds is 11. The quantitative estimate of drug-likeness (QED) is 0.384. The standard InChI is InChI=1S/C19H29N3O5/c1-3-12(2)17(19(26)27)22-18(25)15(21-16(24)5-4-10-20)11-13-6-8-14(23)9-7-13/h6-9,12,15,17,23H,3-5,10-11,20H2,1-2H3,(H,21,24)(H,22,25)(H,26,27)/t12-,15-,17-/m0/s1. The van der Waals surface area contributed by atoms with E-state index in [0.29, 0.717) is 19.4 Å². The average molecular weight is 379 g/mol. The van der Waals surface area contributed by atoms with Crippen LogP contribution >= 0.6 is 0 Å². The molecule has 1 rings (SSSR count). The summed E-state index contributed by atoms with van der Waals surface area (Å²) in [6.45, 7) is 3.94. The Morgan fingerprint density at radius 1 is 1.15 bits per heavy atom. The van der Waals surface area contributed by atoms with Gasteiger partial charge < -0.3 is 26.6 Å². The molecule has 0 radical (unpaired) electrons. The number of carboxylic acid groups (broad SMARTS) is 1. The maximum absolute atomic E-state index is 12.7. The summed E-state index contributed by atoms with van der Waals surface area (Å²) in [5.41, 5.74) is 6.13. The number of carbonyl (C=O) groups is 3. The van der Waals surface area contributed by atoms with Crippen molar-refractivity contribution in [2.75, 3.05) is 6.54 Å². The van der Waals surface area contributed by atoms with E-state index in [2.05, 4.69) is 10.6 Å². The fraction of sp³-hybridized carbons (Fsp3) is 0.526. The predicted octanol–water partition coefficient (Wildman–Crippen LogP) is 0.774. The molecular weight excluding hydrogens is 350 g/mol. The van der Waals surface area contributed by atoms with E-state index >= 15 is 0 Å². The number of amides is 2. The summed E-state index contributed by atoms with van der Waals surface area (Å²) in [6.07, 6.45) is 1.43. The van der Waals surface area contributed by atoms with Gasteiger partial charge in [0, 0.05) is 12.8 Å². The van der Waals surface area contributed by atoms with Crippen LogP contribution in [0.5, 0.6) is 5.75 Å². The Balaban J connectivity index is 2.93. The zero-order chi connectivity index (χ0) is 20.4. The third-order valence-corrected chi connectivity index (χ3v) is 4.41. The Hall–Kier alpha value is -2.61. The number of aliphatic carboxylic acids is 1. The van der Waals surface area contributed by atoms with Gasteiger partial charge in [0.1, 0.15) is 17.8 Å². The van der Waals surface area contributed by atoms with Crippen LogP contribution in [0.4, 0.5) is 0 Å². The van der Waals surface area contributed by atoms with E-state index < -0.39 is 24.0 Å². The van der Waals surface area contributed by atoms with E-state index in [1.807, 2.05) is 6.92 Å². The summed E-state index contributed by atoms with van der Waals surface area (Å²) in [7, 11) is 0. The first-order valence-corrected chi connectivity index (χ1v) is 9.09. The van der Waals surface area contributed by atoms with Crippen molar-refractivity contribution in [1.82, 2.24) is 10.6 Å². The molecule has 0 unspecified atom stereocenters. The SMILES string of the molecule is CC[C@H](C)[C@H](NC(=O)[C@H](Cc1ccc(O)cc1)NC(=O)CCCN)C(=O)O. The monoisotopic (exact) mass is 379 g/mol. The number of hydrogen-bond acceptors (Lipinski definition) is 5. The number of carbonyl (C=O) groups excluding carboxylic acids is 2. The largest absolute Gasteiger partial charge is 0.508 e. The molecule has 3 atom stereocenters. The van der Waals surface area contributed by atoms with Crippen molar-refractivity contribution < 1.29 is 24.6 Å². The molecule has 0 saturated carbocycles. The zero-order valence-corrected chi connectivity index (χ0v) is 15.8. The summed E-state index contributed by atoms with van der Waals surface area (Å²) in [5.74, 6) is -2.16. The van der Waals surface area contributed by atoms with Gasteiger partial charge in [0.15, 0.2) is 0 Å². The topological polar surface area (TPSA) is 142 Å². The average Bonchev–Trinajstić information content (AvgIpc) is 2.64. The first-order valence-electron chi connectivity index (χ1n) is 9.09. The van der Waals surface area contributed by atoms with Crippen LogP contribution in [-0.2, 0) is 20.8 Å². The Morgan fingerprint density at radius 2 is 1.78 bits per heavy atom. The summed E-state index contributed by atoms with van der Waals surface area (Å²) >= 11 is 0. The molecule has 0 heterocycles. The Labute approximate surface area is 159 Å². The molecule has 0 aliphatic rings. The smallest absolute Gasteiger partial charge is 0.326 e. The van der Waals surface area contributed by atoms with Gasteiger partial charge in [-0.05, 0) is 36.6 Å². The van der Waals surface area contributed by atoms with Crippen molar-refractivity contribution in [3.8, 4) is 5.75 Å². The molecule has 0 bridgehead atoms. The minimum Gasteiger partial charge on any atom is -0.508 e. The van der Waals surface area contributed by atoms with E-state index in [-0.39, 0.29) is 30.4 Å². The zero-order valence-electron chi connectivity index (χ0n) is 15.8. The molecule has 0 fully saturated rings. The van der Waals surface area contributed by atoms with E-state index in [9.17, 15) is 24.6 Å². The van der Waals surface area contributed by atoms with Gasteiger partial charge in [-0.1, -0.05) is 32.4 Å².